The van der Waals surface area contributed by atoms with Gasteiger partial charge < -0.3 is 51.0 Å². The molecule has 0 radical (unpaired) electrons. The molecule has 1 saturated carbocycles. The fourth-order valence-electron chi connectivity index (χ4n) is 10.9. The van der Waals surface area contributed by atoms with E-state index in [1.54, 1.807) is 49.4 Å². The number of benzene rings is 3. The van der Waals surface area contributed by atoms with Gasteiger partial charge in [-0.3, -0.25) is 38.5 Å². The van der Waals surface area contributed by atoms with Gasteiger partial charge in [-0.1, -0.05) is 69.3 Å². The minimum absolute atomic E-state index is 0.0180. The van der Waals surface area contributed by atoms with E-state index in [0.29, 0.717) is 74.4 Å². The van der Waals surface area contributed by atoms with E-state index >= 15 is 0 Å². The van der Waals surface area contributed by atoms with Crippen LogP contribution < -0.4 is 31.7 Å². The van der Waals surface area contributed by atoms with Crippen molar-refractivity contribution in [2.24, 2.45) is 5.41 Å². The van der Waals surface area contributed by atoms with Gasteiger partial charge in [-0.25, -0.2) is 9.37 Å². The second-order valence-electron chi connectivity index (χ2n) is 23.3. The van der Waals surface area contributed by atoms with E-state index in [1.165, 1.54) is 16.2 Å². The van der Waals surface area contributed by atoms with Crippen LogP contribution in [0.15, 0.2) is 89.3 Å². The van der Waals surface area contributed by atoms with E-state index in [0.717, 1.165) is 46.5 Å². The second-order valence-corrected chi connectivity index (χ2v) is 24.2. The number of aromatic amines is 1. The van der Waals surface area contributed by atoms with Crippen molar-refractivity contribution >= 4 is 58.2 Å². The third kappa shape index (κ3) is 14.7. The highest BCUT2D eigenvalue weighted by molar-refractivity contribution is 7.13. The Morgan fingerprint density at radius 1 is 0.869 bits per heavy atom. The maximum atomic E-state index is 14.8. The zero-order valence-electron chi connectivity index (χ0n) is 47.6. The number of alkyl halides is 4. The van der Waals surface area contributed by atoms with E-state index in [2.05, 4.69) is 45.9 Å². The van der Waals surface area contributed by atoms with Crippen molar-refractivity contribution < 1.29 is 51.4 Å². The molecule has 6 amide bonds. The van der Waals surface area contributed by atoms with Crippen molar-refractivity contribution in [3.8, 4) is 21.6 Å². The monoisotopic (exact) mass is 1180 g/mol. The molecule has 4 atom stereocenters. The minimum atomic E-state index is -4.94. The smallest absolute Gasteiger partial charge is 0.391 e. The fraction of sp³-hybridized carbons (Fsp3) is 0.467. The number of aromatic nitrogens is 2. The summed E-state index contributed by atoms with van der Waals surface area (Å²) in [5.74, 6) is -3.78. The van der Waals surface area contributed by atoms with Crippen LogP contribution in [0.5, 0.6) is 0 Å². The molecule has 6 N–H and O–H groups in total. The number of aliphatic hydroxyl groups is 1. The summed E-state index contributed by atoms with van der Waals surface area (Å²) < 4.78 is 56.8. The van der Waals surface area contributed by atoms with Crippen LogP contribution >= 0.6 is 11.3 Å². The molecule has 24 heteroatoms. The molecule has 19 nitrogen and oxygen atoms in total. The first-order chi connectivity index (χ1) is 39.8. The number of amides is 6. The van der Waals surface area contributed by atoms with E-state index in [4.69, 9.17) is 0 Å². The lowest BCUT2D eigenvalue weighted by atomic mass is 9.85. The molecule has 3 saturated heterocycles. The summed E-state index contributed by atoms with van der Waals surface area (Å²) >= 11 is 1.47. The van der Waals surface area contributed by atoms with Gasteiger partial charge in [0.05, 0.1) is 57.1 Å². The van der Waals surface area contributed by atoms with Gasteiger partial charge in [0, 0.05) is 97.1 Å². The summed E-state index contributed by atoms with van der Waals surface area (Å²) in [4.78, 5) is 111. The number of rotatable bonds is 18. The van der Waals surface area contributed by atoms with Crippen LogP contribution in [0, 0.1) is 12.3 Å². The summed E-state index contributed by atoms with van der Waals surface area (Å²) in [6.07, 6.45) is -5.45. The molecular formula is C60H71F4N11O8S. The van der Waals surface area contributed by atoms with Crippen molar-refractivity contribution in [1.82, 2.24) is 45.5 Å². The molecule has 4 fully saturated rings. The third-order valence-electron chi connectivity index (χ3n) is 16.0. The first-order valence-electron chi connectivity index (χ1n) is 28.2. The highest BCUT2D eigenvalue weighted by Crippen LogP contribution is 2.41. The first kappa shape index (κ1) is 61.0. The number of hydrogen-bond acceptors (Lipinski definition) is 13. The maximum absolute atomic E-state index is 14.8. The number of halogens is 4. The van der Waals surface area contributed by atoms with Crippen molar-refractivity contribution in [3.63, 3.8) is 0 Å². The Kier molecular flexibility index (Phi) is 18.4. The number of nitrogens with one attached hydrogen (secondary N) is 5. The Morgan fingerprint density at radius 2 is 1.56 bits per heavy atom. The highest BCUT2D eigenvalue weighted by atomic mass is 32.1. The van der Waals surface area contributed by atoms with E-state index in [-0.39, 0.29) is 51.1 Å². The number of thiazole rings is 1. The number of piperazine rings is 2. The van der Waals surface area contributed by atoms with Crippen LogP contribution in [-0.2, 0) is 36.7 Å². The minimum Gasteiger partial charge on any atom is -0.391 e. The Hall–Kier alpha value is -7.54. The van der Waals surface area contributed by atoms with Crippen molar-refractivity contribution in [2.45, 2.75) is 102 Å². The van der Waals surface area contributed by atoms with Gasteiger partial charge in [-0.2, -0.15) is 13.2 Å². The zero-order valence-corrected chi connectivity index (χ0v) is 48.4. The molecular weight excluding hydrogens is 1110 g/mol. The number of likely N-dealkylation sites (tertiary alicyclic amines) is 1. The van der Waals surface area contributed by atoms with E-state index in [9.17, 15) is 56.2 Å². The quantitative estimate of drug-likeness (QED) is 0.0565. The lowest BCUT2D eigenvalue weighted by Crippen LogP contribution is -2.59. The summed E-state index contributed by atoms with van der Waals surface area (Å²) in [6, 6.07) is 17.7. The molecule has 2 aromatic heterocycles. The predicted molar refractivity (Wildman–Crippen MR) is 309 cm³/mol. The normalized spacial score (nSPS) is 19.1. The molecule has 5 heterocycles. The van der Waals surface area contributed by atoms with Crippen LogP contribution in [0.4, 0.5) is 28.9 Å². The number of likely N-dealkylation sites (N-methyl/N-ethyl adjacent to an activating group) is 1. The Bertz CT molecular complexity index is 3310. The number of β-amino-alcohol motifs (C(OH)–C–C–N with tert-alkyl or cyclic N) is 1. The number of hydrogen-bond donors (Lipinski definition) is 6. The second kappa shape index (κ2) is 25.4. The molecule has 84 heavy (non-hydrogen) atoms. The van der Waals surface area contributed by atoms with Crippen molar-refractivity contribution in [1.29, 1.82) is 0 Å². The van der Waals surface area contributed by atoms with Gasteiger partial charge in [0.15, 0.2) is 5.67 Å². The van der Waals surface area contributed by atoms with E-state index in [1.807, 2.05) is 62.5 Å². The van der Waals surface area contributed by atoms with Crippen LogP contribution in [0.25, 0.3) is 21.6 Å². The number of aliphatic hydroxyl groups excluding tert-OH is 1. The standard InChI is InChI=1S/C60H71F4N11O8S/c1-36-52(84-35-67-36)39-11-9-38(10-12-39)45(68-55(81)48-29-42(76)34-75(48)56(82)53(58(2,3)4)70-57(83)59(61)16-17-59)31-50(78)65-18-15-51(79)74-25-21-72(22-26-74)33-37-7-6-8-40(27-37)41-13-14-47(73-23-19-71(5)20-24-73)46(28-41)69-54(80)43-32-66-49(77)30-44(43)60(62,63)64/h6-14,27-28,30,32,35,42,45,48,53,76H,15-26,29,31,33-34H2,1-5H3,(H,65,78)(H,66,77)(H,68,81)(H,69,80)(H,70,83)/t42-,45?,48+,53-/m1/s1. The van der Waals surface area contributed by atoms with Crippen LogP contribution in [0.3, 0.4) is 0 Å². The van der Waals surface area contributed by atoms with Crippen LogP contribution in [-0.4, -0.2) is 166 Å². The average molecular weight is 1180 g/mol. The number of carbonyl (C=O) groups excluding carboxylic acids is 6. The molecule has 5 aromatic rings. The van der Waals surface area contributed by atoms with Crippen LogP contribution in [0.1, 0.15) is 91.7 Å². The molecule has 1 aliphatic carbocycles. The average Bonchev–Trinajstić information content (AvgIpc) is 2.15. The molecule has 3 aromatic carbocycles. The summed E-state index contributed by atoms with van der Waals surface area (Å²) in [6.45, 7) is 12.2. The van der Waals surface area contributed by atoms with Gasteiger partial charge in [-0.15, -0.1) is 11.3 Å². The van der Waals surface area contributed by atoms with E-state index < -0.39 is 87.7 Å². The highest BCUT2D eigenvalue weighted by Gasteiger charge is 2.53. The fourth-order valence-corrected chi connectivity index (χ4v) is 11.7. The molecule has 1 unspecified atom stereocenters. The molecule has 448 valence electrons. The number of H-pyrrole nitrogens is 1. The molecule has 9 rings (SSSR count). The zero-order chi connectivity index (χ0) is 60.3. The molecule has 3 aliphatic heterocycles. The van der Waals surface area contributed by atoms with Crippen molar-refractivity contribution in [2.75, 3.05) is 82.7 Å². The largest absolute Gasteiger partial charge is 0.417 e. The Morgan fingerprint density at radius 3 is 2.21 bits per heavy atom. The Balaban J connectivity index is 0.806. The van der Waals surface area contributed by atoms with Crippen molar-refractivity contribution in [3.05, 3.63) is 123 Å². The lowest BCUT2D eigenvalue weighted by Gasteiger charge is -2.36. The number of pyridine rings is 1. The Labute approximate surface area is 488 Å². The third-order valence-corrected chi connectivity index (χ3v) is 17.0. The number of nitrogens with zero attached hydrogens (tertiary/aromatic N) is 6. The summed E-state index contributed by atoms with van der Waals surface area (Å²) in [7, 11) is 2.00. The SMILES string of the molecule is Cc1ncsc1-c1ccc(C(CC(=O)NCCC(=O)N2CCN(Cc3cccc(-c4ccc(N5CCN(C)CC5)c(NC(=O)c5c[nH]c(=O)cc5C(F)(F)F)c4)c3)CC2)NC(=O)[C@@H]2C[C@@H](O)CN2C(=O)[C@@H](NC(=O)C2(F)CC2)C(C)(C)C)cc1. The topological polar surface area (TPSA) is 233 Å². The maximum Gasteiger partial charge on any atom is 0.417 e. The van der Waals surface area contributed by atoms with Gasteiger partial charge in [0.25, 0.3) is 11.8 Å². The summed E-state index contributed by atoms with van der Waals surface area (Å²) in [5, 5.41) is 21.9. The number of aryl methyl sites for hydroxylation is 1. The van der Waals surface area contributed by atoms with Gasteiger partial charge in [0.1, 0.15) is 12.1 Å². The molecule has 0 bridgehead atoms. The lowest BCUT2D eigenvalue weighted by molar-refractivity contribution is -0.145. The molecule has 0 spiro atoms. The first-order valence-corrected chi connectivity index (χ1v) is 29.1. The van der Waals surface area contributed by atoms with Crippen LogP contribution in [0.2, 0.25) is 0 Å². The van der Waals surface area contributed by atoms with Gasteiger partial charge in [-0.05, 0) is 78.2 Å². The number of carbonyl (C=O) groups is 6. The molecule has 4 aliphatic rings. The van der Waals surface area contributed by atoms with Gasteiger partial charge >= 0.3 is 6.18 Å². The predicted octanol–water partition coefficient (Wildman–Crippen LogP) is 5.89. The summed E-state index contributed by atoms with van der Waals surface area (Å²) in [5.41, 5.74) is 1.56. The number of anilines is 2. The van der Waals surface area contributed by atoms with Gasteiger partial charge in [0.2, 0.25) is 29.2 Å².